The molecular weight excluding hydrogens is 565 g/mol. The number of nitrogens with zero attached hydrogens (tertiary/aromatic N) is 3. The van der Waals surface area contributed by atoms with Crippen LogP contribution in [0.4, 0.5) is 22.0 Å². The predicted octanol–water partition coefficient (Wildman–Crippen LogP) is 5.30. The molecule has 0 unspecified atom stereocenters. The van der Waals surface area contributed by atoms with E-state index in [1.54, 1.807) is 0 Å². The topological polar surface area (TPSA) is 93.9 Å². The first-order valence-electron chi connectivity index (χ1n) is 8.03. The van der Waals surface area contributed by atoms with Crippen molar-refractivity contribution in [3.63, 3.8) is 0 Å². The molecule has 176 valence electrons. The predicted molar refractivity (Wildman–Crippen MR) is 107 cm³/mol. The fraction of sp³-hybridized carbons (Fsp3) is 0.0625. The number of sulfonamides is 1. The summed E-state index contributed by atoms with van der Waals surface area (Å²) in [5.74, 6) is -4.88. The van der Waals surface area contributed by atoms with Crippen molar-refractivity contribution in [1.82, 2.24) is 19.7 Å². The zero-order chi connectivity index (χ0) is 24.9. The lowest BCUT2D eigenvalue weighted by molar-refractivity contribution is -0.143. The number of alkyl halides is 3. The molecule has 0 bridgehead atoms. The molecule has 33 heavy (non-hydrogen) atoms. The summed E-state index contributed by atoms with van der Waals surface area (Å²) < 4.78 is 94.5. The van der Waals surface area contributed by atoms with Crippen LogP contribution in [0.5, 0.6) is 0 Å². The Morgan fingerprint density at radius 2 is 1.52 bits per heavy atom. The van der Waals surface area contributed by atoms with E-state index in [4.69, 9.17) is 46.4 Å². The van der Waals surface area contributed by atoms with E-state index in [-0.39, 0.29) is 25.8 Å². The van der Waals surface area contributed by atoms with Crippen LogP contribution < -0.4 is 4.72 Å². The van der Waals surface area contributed by atoms with Crippen LogP contribution in [-0.4, -0.2) is 29.3 Å². The maximum absolute atomic E-state index is 13.9. The van der Waals surface area contributed by atoms with Gasteiger partial charge in [-0.2, -0.15) is 13.2 Å². The SMILES string of the molecule is O=C(NS(=O)(=O)c1cc(Cl)c(F)cc1F)c1nnn(-c2cc(Cl)c(Cl)cc2Cl)c1C(F)(F)F. The summed E-state index contributed by atoms with van der Waals surface area (Å²) >= 11 is 22.9. The Morgan fingerprint density at radius 3 is 2.12 bits per heavy atom. The average molecular weight is 570 g/mol. The van der Waals surface area contributed by atoms with Gasteiger partial charge in [-0.05, 0) is 18.2 Å². The first-order valence-corrected chi connectivity index (χ1v) is 11.0. The van der Waals surface area contributed by atoms with Gasteiger partial charge in [0.15, 0.2) is 11.4 Å². The molecule has 1 N–H and O–H groups in total. The maximum atomic E-state index is 13.9. The summed E-state index contributed by atoms with van der Waals surface area (Å²) in [5.41, 5.74) is -3.81. The van der Waals surface area contributed by atoms with Crippen molar-refractivity contribution in [2.75, 3.05) is 0 Å². The molecule has 0 saturated carbocycles. The monoisotopic (exact) mass is 568 g/mol. The van der Waals surface area contributed by atoms with Gasteiger partial charge in [0.25, 0.3) is 15.9 Å². The Kier molecular flexibility index (Phi) is 6.84. The molecule has 1 heterocycles. The Hall–Kier alpha value is -2.19. The summed E-state index contributed by atoms with van der Waals surface area (Å²) in [4.78, 5) is 11.1. The number of benzene rings is 2. The number of aromatic nitrogens is 3. The number of amides is 1. The molecule has 0 aliphatic rings. The van der Waals surface area contributed by atoms with Crippen LogP contribution in [0.1, 0.15) is 16.2 Å². The number of halogens is 9. The van der Waals surface area contributed by atoms with Crippen LogP contribution in [0, 0.1) is 11.6 Å². The number of nitrogens with one attached hydrogen (secondary N) is 1. The van der Waals surface area contributed by atoms with Crippen molar-refractivity contribution in [3.05, 3.63) is 67.4 Å². The molecule has 2 aromatic carbocycles. The van der Waals surface area contributed by atoms with Crippen LogP contribution in [0.2, 0.25) is 20.1 Å². The Balaban J connectivity index is 2.10. The molecule has 3 rings (SSSR count). The normalized spacial score (nSPS) is 12.2. The van der Waals surface area contributed by atoms with Crippen molar-refractivity contribution >= 4 is 62.3 Å². The zero-order valence-corrected chi connectivity index (χ0v) is 19.0. The smallest absolute Gasteiger partial charge is 0.266 e. The van der Waals surface area contributed by atoms with Gasteiger partial charge in [-0.25, -0.2) is 26.6 Å². The van der Waals surface area contributed by atoms with E-state index in [0.717, 1.165) is 12.1 Å². The molecule has 0 spiro atoms. The number of rotatable bonds is 4. The van der Waals surface area contributed by atoms with Crippen molar-refractivity contribution < 1.29 is 35.2 Å². The van der Waals surface area contributed by atoms with Gasteiger partial charge in [0.1, 0.15) is 16.5 Å². The van der Waals surface area contributed by atoms with Gasteiger partial charge in [0.05, 0.1) is 25.8 Å². The highest BCUT2D eigenvalue weighted by molar-refractivity contribution is 7.90. The van der Waals surface area contributed by atoms with E-state index in [0.29, 0.717) is 6.07 Å². The Labute approximate surface area is 201 Å². The summed E-state index contributed by atoms with van der Waals surface area (Å²) in [6, 6.07) is 2.36. The van der Waals surface area contributed by atoms with Crippen molar-refractivity contribution in [1.29, 1.82) is 0 Å². The molecule has 0 radical (unpaired) electrons. The van der Waals surface area contributed by atoms with Gasteiger partial charge in [-0.1, -0.05) is 51.6 Å². The molecule has 0 aliphatic carbocycles. The van der Waals surface area contributed by atoms with Gasteiger partial charge in [-0.15, -0.1) is 5.10 Å². The lowest BCUT2D eigenvalue weighted by Gasteiger charge is -2.13. The minimum Gasteiger partial charge on any atom is -0.266 e. The minimum absolute atomic E-state index is 0.0943. The second-order valence-corrected chi connectivity index (χ2v) is 9.32. The van der Waals surface area contributed by atoms with E-state index in [9.17, 15) is 35.2 Å². The van der Waals surface area contributed by atoms with E-state index in [1.165, 1.54) is 4.72 Å². The van der Waals surface area contributed by atoms with Crippen molar-refractivity contribution in [2.24, 2.45) is 0 Å². The fourth-order valence-electron chi connectivity index (χ4n) is 2.47. The van der Waals surface area contributed by atoms with Gasteiger partial charge < -0.3 is 0 Å². The Bertz CT molecular complexity index is 1400. The van der Waals surface area contributed by atoms with Crippen LogP contribution in [-0.2, 0) is 16.2 Å². The van der Waals surface area contributed by atoms with Crippen LogP contribution >= 0.6 is 46.4 Å². The van der Waals surface area contributed by atoms with Crippen LogP contribution in [0.3, 0.4) is 0 Å². The molecule has 0 saturated heterocycles. The molecule has 17 heteroatoms. The van der Waals surface area contributed by atoms with Crippen molar-refractivity contribution in [3.8, 4) is 5.69 Å². The zero-order valence-electron chi connectivity index (χ0n) is 15.2. The summed E-state index contributed by atoms with van der Waals surface area (Å²) in [6.45, 7) is 0. The van der Waals surface area contributed by atoms with E-state index >= 15 is 0 Å². The number of hydrogen-bond acceptors (Lipinski definition) is 5. The van der Waals surface area contributed by atoms with E-state index in [2.05, 4.69) is 10.3 Å². The summed E-state index contributed by atoms with van der Waals surface area (Å²) in [7, 11) is -5.15. The second-order valence-electron chi connectivity index (χ2n) is 6.05. The van der Waals surface area contributed by atoms with Gasteiger partial charge >= 0.3 is 6.18 Å². The highest BCUT2D eigenvalue weighted by Crippen LogP contribution is 2.37. The summed E-state index contributed by atoms with van der Waals surface area (Å²) in [6.07, 6.45) is -5.31. The summed E-state index contributed by atoms with van der Waals surface area (Å²) in [5, 5.41) is 4.81. The number of carbonyl (C=O) groups excluding carboxylic acids is 1. The molecule has 0 fully saturated rings. The quantitative estimate of drug-likeness (QED) is 0.340. The Morgan fingerprint density at radius 1 is 0.909 bits per heavy atom. The van der Waals surface area contributed by atoms with E-state index < -0.39 is 60.7 Å². The third kappa shape index (κ3) is 5.01. The second kappa shape index (κ2) is 8.87. The molecule has 7 nitrogen and oxygen atoms in total. The molecule has 0 aliphatic heterocycles. The fourth-order valence-corrected chi connectivity index (χ4v) is 4.36. The minimum atomic E-state index is -5.31. The van der Waals surface area contributed by atoms with Crippen molar-refractivity contribution in [2.45, 2.75) is 11.1 Å². The molecule has 0 atom stereocenters. The molecule has 3 aromatic rings. The molecular formula is C16H5Cl4F5N4O3S. The van der Waals surface area contributed by atoms with Gasteiger partial charge in [-0.3, -0.25) is 4.79 Å². The number of carbonyl (C=O) groups is 1. The standard InChI is InChI=1S/C16H5Cl4F5N4O3S/c17-5-1-8(20)11(2-6(5)18)29-14(16(23,24)25)13(26-28-29)15(30)27-33(31,32)12-3-7(19)9(21)4-10(12)22/h1-4H,(H,27,30). The highest BCUT2D eigenvalue weighted by atomic mass is 35.5. The molecule has 1 amide bonds. The molecule has 1 aromatic heterocycles. The third-order valence-electron chi connectivity index (χ3n) is 3.86. The lowest BCUT2D eigenvalue weighted by atomic mass is 10.2. The number of hydrogen-bond donors (Lipinski definition) is 1. The van der Waals surface area contributed by atoms with Gasteiger partial charge in [0, 0.05) is 6.07 Å². The third-order valence-corrected chi connectivity index (χ3v) is 6.52. The lowest BCUT2D eigenvalue weighted by Crippen LogP contribution is -2.33. The average Bonchev–Trinajstić information content (AvgIpc) is 3.12. The van der Waals surface area contributed by atoms with Gasteiger partial charge in [0.2, 0.25) is 0 Å². The van der Waals surface area contributed by atoms with Crippen LogP contribution in [0.15, 0.2) is 29.2 Å². The highest BCUT2D eigenvalue weighted by Gasteiger charge is 2.43. The maximum Gasteiger partial charge on any atom is 0.435 e. The first kappa shape index (κ1) is 25.4. The van der Waals surface area contributed by atoms with E-state index in [1.807, 2.05) is 0 Å². The van der Waals surface area contributed by atoms with Crippen LogP contribution in [0.25, 0.3) is 5.69 Å². The largest absolute Gasteiger partial charge is 0.435 e. The first-order chi connectivity index (χ1) is 15.1.